The number of rotatable bonds is 18. The van der Waals surface area contributed by atoms with Gasteiger partial charge in [-0.3, -0.25) is 9.11 Å². The van der Waals surface area contributed by atoms with Crippen LogP contribution in [0.3, 0.4) is 0 Å². The van der Waals surface area contributed by atoms with Crippen LogP contribution in [0, 0.1) is 13.8 Å². The van der Waals surface area contributed by atoms with Crippen LogP contribution in [0.15, 0.2) is 164 Å². The minimum Gasteiger partial charge on any atom is -0.506 e. The molecule has 0 atom stereocenters. The predicted molar refractivity (Wildman–Crippen MR) is 268 cm³/mol. The third kappa shape index (κ3) is 11.6. The van der Waals surface area contributed by atoms with E-state index in [-0.39, 0.29) is 49.2 Å². The molecule has 0 saturated heterocycles. The number of aromatic hydroxyl groups is 2. The Kier molecular flexibility index (Phi) is 15.4. The van der Waals surface area contributed by atoms with Crippen molar-refractivity contribution in [3.8, 4) is 17.2 Å². The average Bonchev–Trinajstić information content (AvgIpc) is 3.84. The summed E-state index contributed by atoms with van der Waals surface area (Å²) in [4.78, 5) is 0.700. The zero-order chi connectivity index (χ0) is 53.2. The Balaban J connectivity index is 0.945. The monoisotopic (exact) mass is 1120 g/mol. The molecule has 0 aliphatic rings. The quantitative estimate of drug-likeness (QED) is 0.0138. The smallest absolute Gasteiger partial charge is 0.295 e. The first kappa shape index (κ1) is 52.7. The summed E-state index contributed by atoms with van der Waals surface area (Å²) in [7, 11) is -9.90. The second kappa shape index (κ2) is 22.0. The van der Waals surface area contributed by atoms with E-state index in [0.29, 0.717) is 72.7 Å². The van der Waals surface area contributed by atoms with E-state index in [4.69, 9.17) is 15.8 Å². The van der Waals surface area contributed by atoms with Gasteiger partial charge in [0.15, 0.2) is 5.75 Å². The van der Waals surface area contributed by atoms with Gasteiger partial charge in [0.05, 0.1) is 74.4 Å². The molecular weight excluding hydrogens is 1090 g/mol. The fourth-order valence-electron chi connectivity index (χ4n) is 7.49. The number of hydrogen-bond acceptors (Lipinski definition) is 26. The van der Waals surface area contributed by atoms with Gasteiger partial charge in [0, 0.05) is 32.0 Å². The number of hydrogen-bond donors (Lipinski definition) is 7. The van der Waals surface area contributed by atoms with Crippen molar-refractivity contribution in [2.75, 3.05) is 0 Å². The lowest BCUT2D eigenvalue weighted by Crippen LogP contribution is -2.04. The van der Waals surface area contributed by atoms with Gasteiger partial charge in [0.1, 0.15) is 33.1 Å². The number of fused-ring (bicyclic) bond motifs is 5. The van der Waals surface area contributed by atoms with Crippen LogP contribution in [0.1, 0.15) is 11.1 Å². The molecular formula is C44H31N9O17S5. The van der Waals surface area contributed by atoms with Gasteiger partial charge in [-0.25, -0.2) is 15.8 Å². The molecule has 31 heteroatoms. The van der Waals surface area contributed by atoms with Gasteiger partial charge >= 0.3 is 0 Å². The van der Waals surface area contributed by atoms with Crippen LogP contribution in [-0.4, -0.2) is 66.9 Å². The first-order valence-electron chi connectivity index (χ1n) is 20.7. The molecule has 75 heavy (non-hydrogen) atoms. The Morgan fingerprint density at radius 1 is 0.533 bits per heavy atom. The summed E-state index contributed by atoms with van der Waals surface area (Å²) in [6.45, 7) is 3.52. The fourth-order valence-corrected chi connectivity index (χ4v) is 10.4. The van der Waals surface area contributed by atoms with Crippen molar-refractivity contribution in [1.29, 1.82) is 0 Å². The maximum Gasteiger partial charge on any atom is 0.295 e. The number of aryl methyl sites for hydroxylation is 2. The van der Waals surface area contributed by atoms with Crippen LogP contribution in [0.25, 0.3) is 49.0 Å². The summed E-state index contributed by atoms with van der Waals surface area (Å²) in [5, 5.41) is 96.5. The molecule has 1 aromatic heterocycles. The number of phenols is 2. The highest BCUT2D eigenvalue weighted by Crippen LogP contribution is 2.46. The summed E-state index contributed by atoms with van der Waals surface area (Å²) in [5.41, 5.74) is 3.37. The Morgan fingerprint density at radius 2 is 1.17 bits per heavy atom. The Hall–Kier alpha value is -7.15. The Labute approximate surface area is 433 Å². The van der Waals surface area contributed by atoms with Crippen molar-refractivity contribution in [1.82, 2.24) is 15.0 Å². The molecule has 0 amide bonds. The number of nitrogens with zero attached hydrogens (tertiary/aromatic N) is 9. The molecule has 0 bridgehead atoms. The highest BCUT2D eigenvalue weighted by molar-refractivity contribution is 7.95. The van der Waals surface area contributed by atoms with Crippen molar-refractivity contribution in [2.45, 2.75) is 38.3 Å². The molecule has 0 saturated carbocycles. The van der Waals surface area contributed by atoms with Gasteiger partial charge in [-0.05, 0) is 132 Å². The third-order valence-corrected chi connectivity index (χ3v) is 14.4. The van der Waals surface area contributed by atoms with Gasteiger partial charge < -0.3 is 10.2 Å². The SMILES string of the molecule is Cc1cc(N=Nc2cc(O)c(N=Nc3c(SOOO)cc4cc(-n5nc6ccc7c(S(=O)(=O)O)cc(S(=O)(=O)O)cc7c6n5)ccc4c3O)cc2C)ccc1N=Nc1ccc2c(SOOO)cc(SOOO)cc2c1. The van der Waals surface area contributed by atoms with E-state index in [1.165, 1.54) is 42.5 Å². The average molecular weight is 1120 g/mol. The summed E-state index contributed by atoms with van der Waals surface area (Å²) in [6.07, 6.45) is 0. The van der Waals surface area contributed by atoms with Crippen molar-refractivity contribution in [3.63, 3.8) is 0 Å². The van der Waals surface area contributed by atoms with Crippen LogP contribution in [0.4, 0.5) is 34.1 Å². The van der Waals surface area contributed by atoms with Gasteiger partial charge in [0.25, 0.3) is 20.2 Å². The van der Waals surface area contributed by atoms with Crippen molar-refractivity contribution in [2.24, 2.45) is 30.7 Å². The van der Waals surface area contributed by atoms with Crippen LogP contribution >= 0.6 is 36.1 Å². The molecule has 0 fully saturated rings. The minimum absolute atomic E-state index is 0.0143. The second-order valence-electron chi connectivity index (χ2n) is 15.6. The molecule has 0 aliphatic carbocycles. The molecule has 8 aromatic carbocycles. The standard InChI is InChI=1S/C44H31N9O17S5/c1-21-11-25(4-9-34(21)47-46-26-3-6-30-23(13-26)15-28(71-68-65-56)17-39(30)72-69-66-57)45-48-36-20-38(54)37(12-22(36)2)49-50-43-40(73-70-67-58)16-24-14-27(5-7-31(24)44(43)55)53-51-35-10-8-32-33(42(35)52-53)18-29(74(59,60)61)19-41(32)75(62,63)64/h3-20,54-58H,1-2H3,(H,59,60,61)(H,62,63,64). The lowest BCUT2D eigenvalue weighted by Gasteiger charge is -2.10. The van der Waals surface area contributed by atoms with E-state index in [9.17, 15) is 36.2 Å². The van der Waals surface area contributed by atoms with Crippen molar-refractivity contribution < 1.29 is 80.0 Å². The molecule has 26 nitrogen and oxygen atoms in total. The highest BCUT2D eigenvalue weighted by Gasteiger charge is 2.24. The molecule has 9 rings (SSSR count). The van der Waals surface area contributed by atoms with E-state index in [0.717, 1.165) is 45.9 Å². The normalized spacial score (nSPS) is 12.6. The molecule has 1 heterocycles. The molecule has 7 N–H and O–H groups in total. The Bertz CT molecular complexity index is 4070. The van der Waals surface area contributed by atoms with Crippen LogP contribution in [-0.2, 0) is 48.4 Å². The highest BCUT2D eigenvalue weighted by atomic mass is 32.2. The maximum absolute atomic E-state index is 12.2. The zero-order valence-electron chi connectivity index (χ0n) is 37.7. The van der Waals surface area contributed by atoms with Crippen molar-refractivity contribution >= 4 is 134 Å². The summed E-state index contributed by atoms with van der Waals surface area (Å²) >= 11 is 1.93. The second-order valence-corrected chi connectivity index (χ2v) is 20.6. The lowest BCUT2D eigenvalue weighted by molar-refractivity contribution is -0.432. The number of azo groups is 3. The van der Waals surface area contributed by atoms with Crippen LogP contribution in [0.2, 0.25) is 0 Å². The van der Waals surface area contributed by atoms with E-state index >= 15 is 0 Å². The zero-order valence-corrected chi connectivity index (χ0v) is 41.8. The maximum atomic E-state index is 12.2. The van der Waals surface area contributed by atoms with Gasteiger partial charge in [-0.2, -0.15) is 42.1 Å². The molecule has 384 valence electrons. The largest absolute Gasteiger partial charge is 0.506 e. The minimum atomic E-state index is -4.97. The van der Waals surface area contributed by atoms with E-state index in [1.54, 1.807) is 61.5 Å². The molecule has 9 aromatic rings. The summed E-state index contributed by atoms with van der Waals surface area (Å²) in [5.74, 6) is -0.746. The molecule has 0 aliphatic heterocycles. The molecule has 0 radical (unpaired) electrons. The van der Waals surface area contributed by atoms with Crippen molar-refractivity contribution in [3.05, 3.63) is 120 Å². The summed E-state index contributed by atoms with van der Waals surface area (Å²) in [6, 6.07) is 27.0. The molecule has 0 unspecified atom stereocenters. The first-order chi connectivity index (χ1) is 35.9. The lowest BCUT2D eigenvalue weighted by atomic mass is 10.1. The first-order valence-corrected chi connectivity index (χ1v) is 25.8. The van der Waals surface area contributed by atoms with Gasteiger partial charge in [-0.15, -0.1) is 33.4 Å². The number of phenolic OH excluding ortho intramolecular Hbond substituents is 2. The predicted octanol–water partition coefficient (Wildman–Crippen LogP) is 12.9. The summed E-state index contributed by atoms with van der Waals surface area (Å²) < 4.78 is 82.0. The Morgan fingerprint density at radius 3 is 1.89 bits per heavy atom. The van der Waals surface area contributed by atoms with Gasteiger partial charge in [-0.1, -0.05) is 27.2 Å². The fraction of sp³-hybridized carbons (Fsp3) is 0.0455. The molecule has 0 spiro atoms. The number of aromatic nitrogens is 3. The van der Waals surface area contributed by atoms with Crippen LogP contribution in [0.5, 0.6) is 11.5 Å². The van der Waals surface area contributed by atoms with E-state index in [2.05, 4.69) is 69.0 Å². The topological polar surface area (TPSA) is 370 Å². The van der Waals surface area contributed by atoms with Gasteiger partial charge in [0.2, 0.25) is 0 Å². The van der Waals surface area contributed by atoms with E-state index < -0.39 is 35.8 Å². The number of benzene rings is 8. The van der Waals surface area contributed by atoms with Crippen LogP contribution < -0.4 is 0 Å². The third-order valence-electron chi connectivity index (χ3n) is 10.9. The van der Waals surface area contributed by atoms with E-state index in [1.807, 2.05) is 6.92 Å².